The van der Waals surface area contributed by atoms with Gasteiger partial charge in [0.1, 0.15) is 22.3 Å². The Morgan fingerprint density at radius 1 is 1.10 bits per heavy atom. The van der Waals surface area contributed by atoms with Gasteiger partial charge in [-0.25, -0.2) is 13.0 Å². The normalized spacial score (nSPS) is 14.3. The first-order valence-electron chi connectivity index (χ1n) is 12.6. The number of halogens is 3. The van der Waals surface area contributed by atoms with Crippen molar-refractivity contribution >= 4 is 39.0 Å². The van der Waals surface area contributed by atoms with Gasteiger partial charge in [-0.05, 0) is 60.2 Å². The fourth-order valence-corrected chi connectivity index (χ4v) is 8.14. The highest BCUT2D eigenvalue weighted by molar-refractivity contribution is 7.92. The van der Waals surface area contributed by atoms with Crippen LogP contribution in [0.2, 0.25) is 0 Å². The maximum absolute atomic E-state index is 13.4. The molecule has 0 spiro atoms. The van der Waals surface area contributed by atoms with Gasteiger partial charge in [-0.15, -0.1) is 11.3 Å². The minimum atomic E-state index is -5.60. The fourth-order valence-electron chi connectivity index (χ4n) is 4.15. The van der Waals surface area contributed by atoms with Crippen LogP contribution < -0.4 is 18.9 Å². The predicted molar refractivity (Wildman–Crippen MR) is 147 cm³/mol. The average molecular weight is 640 g/mol. The lowest BCUT2D eigenvalue weighted by molar-refractivity contribution is -0.697. The molecule has 0 aliphatic rings. The number of hydrogen-bond donors (Lipinski definition) is 2. The van der Waals surface area contributed by atoms with E-state index in [0.29, 0.717) is 34.6 Å². The molecular weight excluding hydrogens is 614 g/mol. The van der Waals surface area contributed by atoms with Crippen LogP contribution in [-0.4, -0.2) is 19.9 Å². The molecule has 0 amide bonds. The molecule has 0 aliphatic carbocycles. The number of thiophene rings is 1. The Kier molecular flexibility index (Phi) is 9.72. The van der Waals surface area contributed by atoms with Crippen molar-refractivity contribution in [3.05, 3.63) is 89.7 Å². The second-order valence-corrected chi connectivity index (χ2v) is 14.0. The van der Waals surface area contributed by atoms with Crippen LogP contribution in [0.3, 0.4) is 0 Å². The van der Waals surface area contributed by atoms with Crippen LogP contribution in [0.15, 0.2) is 77.3 Å². The second-order valence-electron chi connectivity index (χ2n) is 9.29. The van der Waals surface area contributed by atoms with E-state index in [4.69, 9.17) is 10.00 Å². The van der Waals surface area contributed by atoms with Gasteiger partial charge in [0, 0.05) is 23.3 Å². The molecule has 2 N–H and O–H groups in total. The third-order valence-electron chi connectivity index (χ3n) is 6.22. The van der Waals surface area contributed by atoms with Crippen molar-refractivity contribution in [2.24, 2.45) is 0 Å². The minimum absolute atomic E-state index is 0.321. The molecule has 4 aromatic rings. The van der Waals surface area contributed by atoms with E-state index in [0.717, 1.165) is 43.2 Å². The maximum Gasteiger partial charge on any atom is 0.417 e. The van der Waals surface area contributed by atoms with E-state index in [1.807, 2.05) is 30.6 Å². The van der Waals surface area contributed by atoms with E-state index in [-0.39, 0.29) is 4.21 Å². The van der Waals surface area contributed by atoms with Gasteiger partial charge in [-0.3, -0.25) is 0 Å². The molecular formula is C27H25F3N3O6PS2. The number of sulfonamides is 1. The van der Waals surface area contributed by atoms with Crippen LogP contribution in [-0.2, 0) is 27.3 Å². The summed E-state index contributed by atoms with van der Waals surface area (Å²) in [5, 5.41) is 9.49. The van der Waals surface area contributed by atoms with E-state index in [9.17, 15) is 35.9 Å². The number of ether oxygens (including phenoxy) is 1. The fraction of sp³-hybridized carbons (Fsp3) is 0.259. The van der Waals surface area contributed by atoms with E-state index in [1.54, 1.807) is 22.9 Å². The number of alkyl halides is 3. The summed E-state index contributed by atoms with van der Waals surface area (Å²) in [6.07, 6.45) is 1.69. The van der Waals surface area contributed by atoms with Gasteiger partial charge in [0.15, 0.2) is 20.0 Å². The number of nitrogens with one attached hydrogen (secondary N) is 1. The SMILES string of the molecule is N#Cc1ccc(C(NS(=O)(=O)c2cc3ccc(OCCCCC[n+]4ccccc4)cc3s2)P(=O)([O-])O)cc1C(F)(F)F. The van der Waals surface area contributed by atoms with Crippen molar-refractivity contribution in [2.75, 3.05) is 6.61 Å². The number of unbranched alkanes of at least 4 members (excludes halogenated alkanes) is 2. The first-order valence-corrected chi connectivity index (χ1v) is 16.5. The number of aryl methyl sites for hydroxylation is 1. The van der Waals surface area contributed by atoms with Crippen LogP contribution in [0.1, 0.15) is 41.7 Å². The first-order chi connectivity index (χ1) is 19.8. The summed E-state index contributed by atoms with van der Waals surface area (Å²) in [6.45, 7) is 1.34. The lowest BCUT2D eigenvalue weighted by Crippen LogP contribution is -2.32. The molecule has 2 aromatic carbocycles. The largest absolute Gasteiger partial charge is 0.777 e. The summed E-state index contributed by atoms with van der Waals surface area (Å²) in [7, 11) is -10.2. The van der Waals surface area contributed by atoms with E-state index in [1.165, 1.54) is 12.1 Å². The number of nitriles is 1. The quantitative estimate of drug-likeness (QED) is 0.128. The zero-order valence-corrected chi connectivity index (χ0v) is 24.3. The molecule has 2 heterocycles. The van der Waals surface area contributed by atoms with Gasteiger partial charge in [0.2, 0.25) is 0 Å². The zero-order valence-electron chi connectivity index (χ0n) is 21.8. The highest BCUT2D eigenvalue weighted by atomic mass is 32.2. The number of fused-ring (bicyclic) bond motifs is 1. The predicted octanol–water partition coefficient (Wildman–Crippen LogP) is 4.85. The van der Waals surface area contributed by atoms with Gasteiger partial charge < -0.3 is 19.1 Å². The highest BCUT2D eigenvalue weighted by Crippen LogP contribution is 2.48. The molecule has 0 bridgehead atoms. The second kappa shape index (κ2) is 12.9. The van der Waals surface area contributed by atoms with E-state index >= 15 is 0 Å². The zero-order chi connectivity index (χ0) is 30.5. The summed E-state index contributed by atoms with van der Waals surface area (Å²) in [6, 6.07) is 15.3. The molecule has 222 valence electrons. The van der Waals surface area contributed by atoms with E-state index < -0.39 is 46.3 Å². The van der Waals surface area contributed by atoms with Crippen molar-refractivity contribution in [3.8, 4) is 11.8 Å². The standard InChI is InChI=1S/C27H25F3N3O6PS2/c28-27(29,30)23-15-20(7-8-21(23)18-31)26(40(34,35)36)32-42(37,38)25-16-19-9-10-22(17-24(19)41-25)39-14-6-2-5-13-33-11-3-1-4-12-33/h1,3-4,7-12,15-17,26,32H,2,5-6,13-14H2,(H-,34,35,36). The van der Waals surface area contributed by atoms with Crippen molar-refractivity contribution in [2.45, 2.75) is 42.0 Å². The van der Waals surface area contributed by atoms with Gasteiger partial charge in [0.05, 0.1) is 23.8 Å². The minimum Gasteiger partial charge on any atom is -0.777 e. The lowest BCUT2D eigenvalue weighted by atomic mass is 10.0. The number of nitrogens with zero attached hydrogens (tertiary/aromatic N) is 2. The number of benzene rings is 2. The maximum atomic E-state index is 13.4. The summed E-state index contributed by atoms with van der Waals surface area (Å²) in [4.78, 5) is 21.9. The van der Waals surface area contributed by atoms with Gasteiger partial charge in [-0.1, -0.05) is 12.1 Å². The van der Waals surface area contributed by atoms with Crippen LogP contribution in [0.4, 0.5) is 13.2 Å². The Labute approximate surface area is 244 Å². The molecule has 15 heteroatoms. The molecule has 4 rings (SSSR count). The number of rotatable bonds is 12. The molecule has 2 atom stereocenters. The van der Waals surface area contributed by atoms with Crippen LogP contribution in [0.5, 0.6) is 5.75 Å². The third-order valence-corrected chi connectivity index (χ3v) is 10.5. The summed E-state index contributed by atoms with van der Waals surface area (Å²) in [5.74, 6) is -1.92. The summed E-state index contributed by atoms with van der Waals surface area (Å²) < 4.78 is 88.5. The smallest absolute Gasteiger partial charge is 0.417 e. The van der Waals surface area contributed by atoms with Gasteiger partial charge in [0.25, 0.3) is 10.0 Å². The Bertz CT molecular complexity index is 1750. The Hall–Kier alpha value is -3.31. The summed E-state index contributed by atoms with van der Waals surface area (Å²) >= 11 is 0.795. The van der Waals surface area contributed by atoms with Crippen molar-refractivity contribution in [3.63, 3.8) is 0 Å². The molecule has 0 fully saturated rings. The molecule has 2 unspecified atom stereocenters. The molecule has 0 saturated heterocycles. The van der Waals surface area contributed by atoms with Crippen molar-refractivity contribution in [1.82, 2.24) is 4.72 Å². The molecule has 0 aliphatic heterocycles. The lowest BCUT2D eigenvalue weighted by Gasteiger charge is -2.28. The Balaban J connectivity index is 1.46. The molecule has 0 saturated carbocycles. The first kappa shape index (κ1) is 31.6. The number of pyridine rings is 1. The van der Waals surface area contributed by atoms with Gasteiger partial charge >= 0.3 is 6.18 Å². The molecule has 2 aromatic heterocycles. The van der Waals surface area contributed by atoms with Gasteiger partial charge in [-0.2, -0.15) is 23.2 Å². The highest BCUT2D eigenvalue weighted by Gasteiger charge is 2.36. The average Bonchev–Trinajstić information content (AvgIpc) is 3.37. The number of hydrogen-bond acceptors (Lipinski definition) is 7. The van der Waals surface area contributed by atoms with E-state index in [2.05, 4.69) is 4.57 Å². The Morgan fingerprint density at radius 2 is 1.83 bits per heavy atom. The van der Waals surface area contributed by atoms with Crippen molar-refractivity contribution < 1.29 is 45.2 Å². The van der Waals surface area contributed by atoms with Crippen LogP contribution in [0, 0.1) is 11.3 Å². The van der Waals surface area contributed by atoms with Crippen LogP contribution >= 0.6 is 18.9 Å². The van der Waals surface area contributed by atoms with Crippen molar-refractivity contribution in [1.29, 1.82) is 5.26 Å². The molecule has 0 radical (unpaired) electrons. The number of aromatic nitrogens is 1. The molecule has 9 nitrogen and oxygen atoms in total. The topological polar surface area (TPSA) is 143 Å². The Morgan fingerprint density at radius 3 is 2.50 bits per heavy atom. The third kappa shape index (κ3) is 7.95. The monoisotopic (exact) mass is 639 g/mol. The molecule has 42 heavy (non-hydrogen) atoms. The van der Waals surface area contributed by atoms with Crippen LogP contribution in [0.25, 0.3) is 10.1 Å². The summed E-state index contributed by atoms with van der Waals surface area (Å²) in [5.41, 5.74) is -2.96.